The van der Waals surface area contributed by atoms with Crippen LogP contribution in [0.4, 0.5) is 5.69 Å². The van der Waals surface area contributed by atoms with Gasteiger partial charge in [-0.1, -0.05) is 0 Å². The van der Waals surface area contributed by atoms with E-state index in [1.807, 2.05) is 4.57 Å². The van der Waals surface area contributed by atoms with Crippen LogP contribution in [-0.2, 0) is 6.54 Å². The minimum Gasteiger partial charge on any atom is -0.389 e. The van der Waals surface area contributed by atoms with Gasteiger partial charge in [0, 0.05) is 30.1 Å². The fourth-order valence-corrected chi connectivity index (χ4v) is 1.85. The summed E-state index contributed by atoms with van der Waals surface area (Å²) in [6.45, 7) is 3.83. The Labute approximate surface area is 110 Å². The first-order valence-electron chi connectivity index (χ1n) is 5.85. The Balaban J connectivity index is 2.32. The number of non-ortho nitro benzene ring substituents is 1. The van der Waals surface area contributed by atoms with Crippen LogP contribution in [0.15, 0.2) is 36.7 Å². The van der Waals surface area contributed by atoms with Crippen molar-refractivity contribution in [1.82, 2.24) is 9.55 Å². The molecule has 6 nitrogen and oxygen atoms in total. The van der Waals surface area contributed by atoms with Gasteiger partial charge in [0.2, 0.25) is 0 Å². The van der Waals surface area contributed by atoms with Crippen LogP contribution in [0.2, 0.25) is 0 Å². The van der Waals surface area contributed by atoms with Crippen molar-refractivity contribution in [3.8, 4) is 11.4 Å². The lowest BCUT2D eigenvalue weighted by molar-refractivity contribution is -0.384. The minimum atomic E-state index is -0.851. The molecule has 0 fully saturated rings. The van der Waals surface area contributed by atoms with E-state index in [4.69, 9.17) is 0 Å². The number of benzene rings is 1. The zero-order chi connectivity index (χ0) is 14.0. The maximum atomic E-state index is 10.6. The molecule has 0 aliphatic carbocycles. The molecule has 1 heterocycles. The highest BCUT2D eigenvalue weighted by Crippen LogP contribution is 2.22. The highest BCUT2D eigenvalue weighted by atomic mass is 16.6. The van der Waals surface area contributed by atoms with Crippen LogP contribution in [0.1, 0.15) is 13.8 Å². The van der Waals surface area contributed by atoms with Crippen LogP contribution in [0.5, 0.6) is 0 Å². The van der Waals surface area contributed by atoms with Crippen LogP contribution >= 0.6 is 0 Å². The smallest absolute Gasteiger partial charge is 0.269 e. The van der Waals surface area contributed by atoms with Gasteiger partial charge in [0.05, 0.1) is 17.1 Å². The van der Waals surface area contributed by atoms with E-state index >= 15 is 0 Å². The SMILES string of the molecule is CC(C)(O)Cn1ccnc1-c1ccc([N+](=O)[O-])cc1. The van der Waals surface area contributed by atoms with E-state index in [0.29, 0.717) is 12.4 Å². The molecule has 1 aromatic carbocycles. The number of aromatic nitrogens is 2. The van der Waals surface area contributed by atoms with Gasteiger partial charge in [0.25, 0.3) is 5.69 Å². The molecule has 0 atom stereocenters. The van der Waals surface area contributed by atoms with E-state index in [1.165, 1.54) is 12.1 Å². The molecular weight excluding hydrogens is 246 g/mol. The summed E-state index contributed by atoms with van der Waals surface area (Å²) in [4.78, 5) is 14.4. The van der Waals surface area contributed by atoms with E-state index in [-0.39, 0.29) is 5.69 Å². The summed E-state index contributed by atoms with van der Waals surface area (Å²) >= 11 is 0. The topological polar surface area (TPSA) is 81.2 Å². The third-order valence-corrected chi connectivity index (χ3v) is 2.61. The summed E-state index contributed by atoms with van der Waals surface area (Å²) in [5.74, 6) is 0.678. The third kappa shape index (κ3) is 3.17. The lowest BCUT2D eigenvalue weighted by atomic mass is 10.1. The third-order valence-electron chi connectivity index (χ3n) is 2.61. The summed E-state index contributed by atoms with van der Waals surface area (Å²) in [6, 6.07) is 6.19. The monoisotopic (exact) mass is 261 g/mol. The Morgan fingerprint density at radius 1 is 1.37 bits per heavy atom. The fraction of sp³-hybridized carbons (Fsp3) is 0.308. The summed E-state index contributed by atoms with van der Waals surface area (Å²) in [7, 11) is 0. The quantitative estimate of drug-likeness (QED) is 0.676. The molecule has 0 aliphatic rings. The van der Waals surface area contributed by atoms with Crippen LogP contribution in [0.25, 0.3) is 11.4 Å². The van der Waals surface area contributed by atoms with Crippen LogP contribution in [-0.4, -0.2) is 25.2 Å². The van der Waals surface area contributed by atoms with Gasteiger partial charge in [-0.15, -0.1) is 0 Å². The predicted octanol–water partition coefficient (Wildman–Crippen LogP) is 2.23. The van der Waals surface area contributed by atoms with E-state index in [0.717, 1.165) is 5.56 Å². The average molecular weight is 261 g/mol. The van der Waals surface area contributed by atoms with Gasteiger partial charge >= 0.3 is 0 Å². The number of hydrogen-bond donors (Lipinski definition) is 1. The molecule has 0 unspecified atom stereocenters. The number of nitro benzene ring substituents is 1. The Bertz CT molecular complexity index is 582. The maximum absolute atomic E-state index is 10.6. The second kappa shape index (κ2) is 4.81. The van der Waals surface area contributed by atoms with E-state index in [9.17, 15) is 15.2 Å². The first-order valence-corrected chi connectivity index (χ1v) is 5.85. The maximum Gasteiger partial charge on any atom is 0.269 e. The number of aliphatic hydroxyl groups is 1. The van der Waals surface area contributed by atoms with Gasteiger partial charge in [-0.3, -0.25) is 10.1 Å². The molecule has 0 radical (unpaired) electrons. The predicted molar refractivity (Wildman–Crippen MR) is 70.6 cm³/mol. The van der Waals surface area contributed by atoms with E-state index in [1.54, 1.807) is 38.4 Å². The summed E-state index contributed by atoms with van der Waals surface area (Å²) in [5, 5.41) is 20.4. The van der Waals surface area contributed by atoms with Crippen LogP contribution in [0, 0.1) is 10.1 Å². The highest BCUT2D eigenvalue weighted by molar-refractivity contribution is 5.57. The van der Waals surface area contributed by atoms with E-state index in [2.05, 4.69) is 4.98 Å². The molecule has 0 bridgehead atoms. The van der Waals surface area contributed by atoms with Crippen molar-refractivity contribution in [2.75, 3.05) is 0 Å². The Morgan fingerprint density at radius 2 is 2.00 bits per heavy atom. The minimum absolute atomic E-state index is 0.0457. The molecular formula is C13H15N3O3. The molecule has 2 rings (SSSR count). The van der Waals surface area contributed by atoms with Crippen LogP contribution in [0.3, 0.4) is 0 Å². The van der Waals surface area contributed by atoms with Gasteiger partial charge in [-0.05, 0) is 26.0 Å². The van der Waals surface area contributed by atoms with Crippen molar-refractivity contribution in [3.63, 3.8) is 0 Å². The molecule has 0 amide bonds. The van der Waals surface area contributed by atoms with E-state index < -0.39 is 10.5 Å². The normalized spacial score (nSPS) is 11.5. The summed E-state index contributed by atoms with van der Waals surface area (Å²) < 4.78 is 1.82. The number of nitrogens with zero attached hydrogens (tertiary/aromatic N) is 3. The molecule has 100 valence electrons. The lowest BCUT2D eigenvalue weighted by Crippen LogP contribution is -2.26. The molecule has 0 aliphatic heterocycles. The van der Waals surface area contributed by atoms with Crippen molar-refractivity contribution in [3.05, 3.63) is 46.8 Å². The van der Waals surface area contributed by atoms with Crippen molar-refractivity contribution >= 4 is 5.69 Å². The Kier molecular flexibility index (Phi) is 3.35. The van der Waals surface area contributed by atoms with Gasteiger partial charge in [0.1, 0.15) is 5.82 Å². The fourth-order valence-electron chi connectivity index (χ4n) is 1.85. The van der Waals surface area contributed by atoms with Gasteiger partial charge in [-0.25, -0.2) is 4.98 Å². The van der Waals surface area contributed by atoms with Crippen LogP contribution < -0.4 is 0 Å². The van der Waals surface area contributed by atoms with Crippen molar-refractivity contribution in [2.45, 2.75) is 26.0 Å². The zero-order valence-electron chi connectivity index (χ0n) is 10.8. The van der Waals surface area contributed by atoms with Gasteiger partial charge in [0.15, 0.2) is 0 Å². The first kappa shape index (κ1) is 13.2. The molecule has 0 saturated heterocycles. The molecule has 19 heavy (non-hydrogen) atoms. The molecule has 2 aromatic rings. The Hall–Kier alpha value is -2.21. The van der Waals surface area contributed by atoms with Gasteiger partial charge in [-0.2, -0.15) is 0 Å². The second-order valence-corrected chi connectivity index (χ2v) is 5.00. The second-order valence-electron chi connectivity index (χ2n) is 5.00. The molecule has 1 aromatic heterocycles. The highest BCUT2D eigenvalue weighted by Gasteiger charge is 2.16. The standard InChI is InChI=1S/C13H15N3O3/c1-13(2,17)9-15-8-7-14-12(15)10-3-5-11(6-4-10)16(18)19/h3-8,17H,9H2,1-2H3. The number of nitro groups is 1. The summed E-state index contributed by atoms with van der Waals surface area (Å²) in [6.07, 6.45) is 3.41. The van der Waals surface area contributed by atoms with Crippen molar-refractivity contribution in [2.24, 2.45) is 0 Å². The largest absolute Gasteiger partial charge is 0.389 e. The number of imidazole rings is 1. The zero-order valence-corrected chi connectivity index (χ0v) is 10.8. The van der Waals surface area contributed by atoms with Crippen molar-refractivity contribution in [1.29, 1.82) is 0 Å². The molecule has 6 heteroatoms. The Morgan fingerprint density at radius 3 is 2.53 bits per heavy atom. The number of hydrogen-bond acceptors (Lipinski definition) is 4. The average Bonchev–Trinajstić information content (AvgIpc) is 2.75. The molecule has 0 spiro atoms. The molecule has 1 N–H and O–H groups in total. The summed E-state index contributed by atoms with van der Waals surface area (Å²) in [5.41, 5.74) is -0.0276. The molecule has 0 saturated carbocycles. The first-order chi connectivity index (χ1) is 8.87. The lowest BCUT2D eigenvalue weighted by Gasteiger charge is -2.19. The van der Waals surface area contributed by atoms with Gasteiger partial charge < -0.3 is 9.67 Å². The van der Waals surface area contributed by atoms with Crippen molar-refractivity contribution < 1.29 is 10.0 Å². The number of rotatable bonds is 4.